The summed E-state index contributed by atoms with van der Waals surface area (Å²) < 4.78 is 1.56. The van der Waals surface area contributed by atoms with E-state index < -0.39 is 0 Å². The van der Waals surface area contributed by atoms with Crippen LogP contribution in [0.4, 0.5) is 0 Å². The van der Waals surface area contributed by atoms with Crippen molar-refractivity contribution < 1.29 is 4.79 Å². The molecule has 0 saturated carbocycles. The highest BCUT2D eigenvalue weighted by molar-refractivity contribution is 6.36. The molecular weight excluding hydrogens is 433 g/mol. The maximum absolute atomic E-state index is 13.6. The number of hydrogen-bond donors (Lipinski definition) is 0. The summed E-state index contributed by atoms with van der Waals surface area (Å²) in [6.07, 6.45) is 3.50. The van der Waals surface area contributed by atoms with Crippen LogP contribution in [0.3, 0.4) is 0 Å². The quantitative estimate of drug-likeness (QED) is 0.386. The first-order chi connectivity index (χ1) is 14.9. The number of halogens is 2. The van der Waals surface area contributed by atoms with Gasteiger partial charge in [-0.15, -0.1) is 0 Å². The molecular formula is C24H27Cl2N3O2. The van der Waals surface area contributed by atoms with Gasteiger partial charge in [-0.2, -0.15) is 0 Å². The van der Waals surface area contributed by atoms with E-state index in [0.717, 1.165) is 19.3 Å². The van der Waals surface area contributed by atoms with Gasteiger partial charge in [0.05, 0.1) is 27.5 Å². The van der Waals surface area contributed by atoms with Crippen LogP contribution in [0.25, 0.3) is 10.9 Å². The summed E-state index contributed by atoms with van der Waals surface area (Å²) in [5, 5.41) is 1.35. The number of para-hydroxylation sites is 1. The highest BCUT2D eigenvalue weighted by Crippen LogP contribution is 2.29. The van der Waals surface area contributed by atoms with Gasteiger partial charge in [-0.3, -0.25) is 14.2 Å². The van der Waals surface area contributed by atoms with Crippen LogP contribution in [0.5, 0.6) is 0 Å². The zero-order valence-electron chi connectivity index (χ0n) is 18.1. The smallest absolute Gasteiger partial charge is 0.261 e. The van der Waals surface area contributed by atoms with Crippen LogP contribution in [0, 0.1) is 0 Å². The largest absolute Gasteiger partial charge is 0.328 e. The second-order valence-corrected chi connectivity index (χ2v) is 8.45. The maximum atomic E-state index is 13.6. The third-order valence-electron chi connectivity index (χ3n) is 5.50. The van der Waals surface area contributed by atoms with Crippen LogP contribution in [0.1, 0.15) is 61.8 Å². The molecule has 0 fully saturated rings. The van der Waals surface area contributed by atoms with E-state index >= 15 is 0 Å². The molecule has 2 aromatic carbocycles. The third-order valence-corrected chi connectivity index (χ3v) is 6.05. The number of nitrogens with zero attached hydrogens (tertiary/aromatic N) is 3. The Labute approximate surface area is 192 Å². The number of rotatable bonds is 8. The maximum Gasteiger partial charge on any atom is 0.261 e. The lowest BCUT2D eigenvalue weighted by molar-refractivity contribution is 0.0653. The topological polar surface area (TPSA) is 55.2 Å². The summed E-state index contributed by atoms with van der Waals surface area (Å²) in [6.45, 7) is 4.66. The Bertz CT molecular complexity index is 1140. The van der Waals surface area contributed by atoms with E-state index in [9.17, 15) is 9.59 Å². The molecule has 0 spiro atoms. The van der Waals surface area contributed by atoms with Crippen LogP contribution in [0.15, 0.2) is 47.3 Å². The molecule has 1 atom stereocenters. The van der Waals surface area contributed by atoms with E-state index in [4.69, 9.17) is 28.2 Å². The fraction of sp³-hybridized carbons (Fsp3) is 0.375. The molecule has 3 rings (SSSR count). The van der Waals surface area contributed by atoms with Gasteiger partial charge < -0.3 is 4.90 Å². The number of carbonyl (C=O) groups is 1. The van der Waals surface area contributed by atoms with Crippen molar-refractivity contribution in [3.63, 3.8) is 0 Å². The molecule has 7 heteroatoms. The van der Waals surface area contributed by atoms with Gasteiger partial charge in [-0.1, -0.05) is 62.0 Å². The van der Waals surface area contributed by atoms with E-state index in [1.165, 1.54) is 0 Å². The molecule has 164 valence electrons. The first kappa shape index (κ1) is 23.3. The van der Waals surface area contributed by atoms with Crippen LogP contribution in [-0.2, 0) is 7.05 Å². The zero-order chi connectivity index (χ0) is 22.5. The monoisotopic (exact) mass is 459 g/mol. The second-order valence-electron chi connectivity index (χ2n) is 7.61. The zero-order valence-corrected chi connectivity index (χ0v) is 19.6. The molecule has 0 aliphatic carbocycles. The normalized spacial score (nSPS) is 12.2. The van der Waals surface area contributed by atoms with Crippen molar-refractivity contribution in [2.45, 2.75) is 45.6 Å². The molecule has 0 N–H and O–H groups in total. The van der Waals surface area contributed by atoms with Crippen molar-refractivity contribution in [3.05, 3.63) is 74.3 Å². The number of carbonyl (C=O) groups excluding carboxylic acids is 1. The summed E-state index contributed by atoms with van der Waals surface area (Å²) >= 11 is 12.4. The second kappa shape index (κ2) is 10.3. The van der Waals surface area contributed by atoms with Gasteiger partial charge in [0.25, 0.3) is 11.5 Å². The Kier molecular flexibility index (Phi) is 7.74. The van der Waals surface area contributed by atoms with Gasteiger partial charge in [0.1, 0.15) is 5.82 Å². The van der Waals surface area contributed by atoms with Crippen molar-refractivity contribution in [1.29, 1.82) is 0 Å². The molecule has 1 unspecified atom stereocenters. The van der Waals surface area contributed by atoms with E-state index in [-0.39, 0.29) is 17.5 Å². The van der Waals surface area contributed by atoms with Gasteiger partial charge >= 0.3 is 0 Å². The van der Waals surface area contributed by atoms with Gasteiger partial charge in [0.2, 0.25) is 0 Å². The van der Waals surface area contributed by atoms with Crippen molar-refractivity contribution in [2.75, 3.05) is 6.54 Å². The van der Waals surface area contributed by atoms with Crippen molar-refractivity contribution in [2.24, 2.45) is 7.05 Å². The van der Waals surface area contributed by atoms with Crippen molar-refractivity contribution in [1.82, 2.24) is 14.5 Å². The van der Waals surface area contributed by atoms with Crippen LogP contribution in [0.2, 0.25) is 10.0 Å². The SMILES string of the molecule is CCCCCN(C(=O)c1ccc(Cl)cc1Cl)C(CC)c1nc2ccccc2c(=O)n1C. The predicted octanol–water partition coefficient (Wildman–Crippen LogP) is 6.02. The number of fused-ring (bicyclic) bond motifs is 1. The Morgan fingerprint density at radius 1 is 1.13 bits per heavy atom. The highest BCUT2D eigenvalue weighted by atomic mass is 35.5. The Balaban J connectivity index is 2.10. The number of hydrogen-bond acceptors (Lipinski definition) is 3. The molecule has 1 amide bonds. The van der Waals surface area contributed by atoms with Gasteiger partial charge in [0.15, 0.2) is 0 Å². The predicted molar refractivity (Wildman–Crippen MR) is 127 cm³/mol. The lowest BCUT2D eigenvalue weighted by atomic mass is 10.1. The van der Waals surface area contributed by atoms with E-state index in [1.54, 1.807) is 40.8 Å². The van der Waals surface area contributed by atoms with Crippen LogP contribution < -0.4 is 5.56 Å². The number of aromatic nitrogens is 2. The molecule has 1 heterocycles. The fourth-order valence-electron chi connectivity index (χ4n) is 3.82. The summed E-state index contributed by atoms with van der Waals surface area (Å²) in [7, 11) is 1.71. The third kappa shape index (κ3) is 4.94. The molecule has 5 nitrogen and oxygen atoms in total. The minimum Gasteiger partial charge on any atom is -0.328 e. The van der Waals surface area contributed by atoms with Crippen molar-refractivity contribution >= 4 is 40.0 Å². The lowest BCUT2D eigenvalue weighted by Gasteiger charge is -2.32. The minimum atomic E-state index is -0.363. The molecule has 0 aliphatic rings. The Hall–Kier alpha value is -2.37. The first-order valence-electron chi connectivity index (χ1n) is 10.6. The van der Waals surface area contributed by atoms with Crippen LogP contribution >= 0.6 is 23.2 Å². The van der Waals surface area contributed by atoms with Gasteiger partial charge in [-0.25, -0.2) is 4.98 Å². The molecule has 0 radical (unpaired) electrons. The number of unbranched alkanes of at least 4 members (excludes halogenated alkanes) is 2. The summed E-state index contributed by atoms with van der Waals surface area (Å²) in [6, 6.07) is 11.8. The average molecular weight is 460 g/mol. The average Bonchev–Trinajstić information content (AvgIpc) is 2.76. The van der Waals surface area contributed by atoms with Gasteiger partial charge in [0, 0.05) is 18.6 Å². The summed E-state index contributed by atoms with van der Waals surface area (Å²) in [4.78, 5) is 33.1. The summed E-state index contributed by atoms with van der Waals surface area (Å²) in [5.74, 6) is 0.383. The van der Waals surface area contributed by atoms with Crippen LogP contribution in [-0.4, -0.2) is 26.9 Å². The molecule has 0 saturated heterocycles. The van der Waals surface area contributed by atoms with Gasteiger partial charge in [-0.05, 0) is 43.2 Å². The Morgan fingerprint density at radius 2 is 1.87 bits per heavy atom. The molecule has 0 bridgehead atoms. The van der Waals surface area contributed by atoms with Crippen molar-refractivity contribution in [3.8, 4) is 0 Å². The standard InChI is InChI=1S/C24H27Cl2N3O2/c1-4-6-9-14-29(24(31)17-13-12-16(25)15-19(17)26)21(5-2)22-27-20-11-8-7-10-18(20)23(30)28(22)3/h7-8,10-13,15,21H,4-6,9,14H2,1-3H3. The number of benzene rings is 2. The number of amides is 1. The highest BCUT2D eigenvalue weighted by Gasteiger charge is 2.29. The molecule has 0 aliphatic heterocycles. The Morgan fingerprint density at radius 3 is 2.55 bits per heavy atom. The first-order valence-corrected chi connectivity index (χ1v) is 11.4. The molecule has 31 heavy (non-hydrogen) atoms. The molecule has 1 aromatic heterocycles. The molecule has 3 aromatic rings. The lowest BCUT2D eigenvalue weighted by Crippen LogP contribution is -2.39. The van der Waals surface area contributed by atoms with E-state index in [1.807, 2.05) is 25.1 Å². The summed E-state index contributed by atoms with van der Waals surface area (Å²) in [5.41, 5.74) is 0.904. The van der Waals surface area contributed by atoms with E-state index in [2.05, 4.69) is 6.92 Å². The minimum absolute atomic E-state index is 0.121. The fourth-order valence-corrected chi connectivity index (χ4v) is 4.31. The van der Waals surface area contributed by atoms with E-state index in [0.29, 0.717) is 45.3 Å².